The third kappa shape index (κ3) is 3.49. The first-order valence-electron chi connectivity index (χ1n) is 6.03. The van der Waals surface area contributed by atoms with Crippen molar-refractivity contribution in [3.8, 4) is 5.75 Å². The maximum atomic E-state index is 12.4. The summed E-state index contributed by atoms with van der Waals surface area (Å²) >= 11 is 5.85. The quantitative estimate of drug-likeness (QED) is 0.872. The van der Waals surface area contributed by atoms with Crippen molar-refractivity contribution < 1.29 is 23.1 Å². The minimum Gasteiger partial charge on any atom is -0.495 e. The molecular weight excluding hydrogens is 330 g/mol. The van der Waals surface area contributed by atoms with Gasteiger partial charge in [-0.15, -0.1) is 0 Å². The van der Waals surface area contributed by atoms with Gasteiger partial charge >= 0.3 is 5.97 Å². The summed E-state index contributed by atoms with van der Waals surface area (Å²) in [6, 6.07) is 9.51. The van der Waals surface area contributed by atoms with Crippen molar-refractivity contribution in [2.75, 3.05) is 11.8 Å². The van der Waals surface area contributed by atoms with Gasteiger partial charge in [0.05, 0.1) is 23.3 Å². The normalized spacial score (nSPS) is 11.0. The Bertz CT molecular complexity index is 820. The molecule has 0 atom stereocenters. The lowest BCUT2D eigenvalue weighted by Gasteiger charge is -2.12. The summed E-state index contributed by atoms with van der Waals surface area (Å²) in [6.45, 7) is 0. The summed E-state index contributed by atoms with van der Waals surface area (Å²) in [7, 11) is -2.58. The molecule has 2 rings (SSSR count). The van der Waals surface area contributed by atoms with Crippen LogP contribution in [0.25, 0.3) is 0 Å². The molecule has 0 spiro atoms. The Morgan fingerprint density at radius 3 is 2.59 bits per heavy atom. The van der Waals surface area contributed by atoms with Crippen LogP contribution in [0, 0.1) is 0 Å². The Hall–Kier alpha value is -2.25. The van der Waals surface area contributed by atoms with E-state index in [1.54, 1.807) is 6.07 Å². The number of carboxylic acids is 1. The molecule has 22 heavy (non-hydrogen) atoms. The molecule has 0 aliphatic rings. The van der Waals surface area contributed by atoms with E-state index in [9.17, 15) is 13.2 Å². The lowest BCUT2D eigenvalue weighted by molar-refractivity contribution is 0.0696. The zero-order chi connectivity index (χ0) is 16.3. The highest BCUT2D eigenvalue weighted by atomic mass is 35.5. The Labute approximate surface area is 132 Å². The maximum absolute atomic E-state index is 12.4. The van der Waals surface area contributed by atoms with Gasteiger partial charge in [-0.25, -0.2) is 13.2 Å². The average molecular weight is 342 g/mol. The number of anilines is 1. The molecule has 2 aromatic carbocycles. The lowest BCUT2D eigenvalue weighted by Crippen LogP contribution is -2.14. The zero-order valence-corrected chi connectivity index (χ0v) is 13.0. The summed E-state index contributed by atoms with van der Waals surface area (Å²) in [4.78, 5) is 10.8. The molecular formula is C14H12ClNO5S. The second kappa shape index (κ2) is 6.25. The third-order valence-corrected chi connectivity index (χ3v) is 4.40. The Morgan fingerprint density at radius 2 is 1.95 bits per heavy atom. The second-order valence-corrected chi connectivity index (χ2v) is 6.40. The van der Waals surface area contributed by atoms with Gasteiger partial charge < -0.3 is 9.84 Å². The van der Waals surface area contributed by atoms with E-state index >= 15 is 0 Å². The highest BCUT2D eigenvalue weighted by Crippen LogP contribution is 2.29. The number of methoxy groups -OCH3 is 1. The van der Waals surface area contributed by atoms with Crippen molar-refractivity contribution in [3.63, 3.8) is 0 Å². The fourth-order valence-electron chi connectivity index (χ4n) is 1.76. The molecule has 0 saturated carbocycles. The summed E-state index contributed by atoms with van der Waals surface area (Å²) < 4.78 is 32.1. The Morgan fingerprint density at radius 1 is 1.23 bits per heavy atom. The van der Waals surface area contributed by atoms with Gasteiger partial charge in [0, 0.05) is 5.02 Å². The van der Waals surface area contributed by atoms with Gasteiger partial charge in [0.15, 0.2) is 0 Å². The zero-order valence-electron chi connectivity index (χ0n) is 11.4. The van der Waals surface area contributed by atoms with E-state index in [1.165, 1.54) is 37.4 Å². The van der Waals surface area contributed by atoms with Gasteiger partial charge in [-0.2, -0.15) is 0 Å². The van der Waals surface area contributed by atoms with Crippen LogP contribution in [-0.4, -0.2) is 26.6 Å². The minimum atomic E-state index is -3.97. The molecule has 0 bridgehead atoms. The predicted octanol–water partition coefficient (Wildman–Crippen LogP) is 2.85. The lowest BCUT2D eigenvalue weighted by atomic mass is 10.2. The summed E-state index contributed by atoms with van der Waals surface area (Å²) in [5.74, 6) is -0.917. The number of ether oxygens (including phenoxy) is 1. The molecule has 0 radical (unpaired) electrons. The van der Waals surface area contributed by atoms with E-state index in [0.717, 1.165) is 6.07 Å². The largest absolute Gasteiger partial charge is 0.495 e. The van der Waals surface area contributed by atoms with Crippen molar-refractivity contribution in [2.45, 2.75) is 4.90 Å². The van der Waals surface area contributed by atoms with Crippen LogP contribution in [0.2, 0.25) is 5.02 Å². The van der Waals surface area contributed by atoms with E-state index < -0.39 is 16.0 Å². The molecule has 0 heterocycles. The standard InChI is InChI=1S/C14H12ClNO5S/c1-21-13-6-5-10(15)8-12(13)16-22(19,20)11-4-2-3-9(7-11)14(17)18/h2-8,16H,1H3,(H,17,18). The van der Waals surface area contributed by atoms with Gasteiger partial charge in [0.2, 0.25) is 0 Å². The SMILES string of the molecule is COc1ccc(Cl)cc1NS(=O)(=O)c1cccc(C(=O)O)c1. The minimum absolute atomic E-state index is 0.124. The average Bonchev–Trinajstić information content (AvgIpc) is 2.47. The van der Waals surface area contributed by atoms with Gasteiger partial charge in [-0.3, -0.25) is 4.72 Å². The Kier molecular flexibility index (Phi) is 4.58. The number of rotatable bonds is 5. The number of carboxylic acid groups (broad SMARTS) is 1. The predicted molar refractivity (Wildman–Crippen MR) is 82.2 cm³/mol. The van der Waals surface area contributed by atoms with E-state index in [0.29, 0.717) is 10.8 Å². The van der Waals surface area contributed by atoms with Crippen LogP contribution < -0.4 is 9.46 Å². The van der Waals surface area contributed by atoms with Gasteiger partial charge in [0.1, 0.15) is 5.75 Å². The molecule has 0 saturated heterocycles. The number of carbonyl (C=O) groups is 1. The number of benzene rings is 2. The summed E-state index contributed by atoms with van der Waals surface area (Å²) in [5, 5.41) is 9.26. The topological polar surface area (TPSA) is 92.7 Å². The molecule has 2 N–H and O–H groups in total. The first-order valence-corrected chi connectivity index (χ1v) is 7.89. The van der Waals surface area contributed by atoms with Crippen LogP contribution in [0.4, 0.5) is 5.69 Å². The molecule has 6 nitrogen and oxygen atoms in total. The molecule has 0 fully saturated rings. The number of aromatic carboxylic acids is 1. The highest BCUT2D eigenvalue weighted by molar-refractivity contribution is 7.92. The first kappa shape index (κ1) is 16.1. The van der Waals surface area contributed by atoms with Gasteiger partial charge in [-0.05, 0) is 36.4 Å². The first-order chi connectivity index (χ1) is 10.3. The van der Waals surface area contributed by atoms with Crippen LogP contribution in [0.5, 0.6) is 5.75 Å². The maximum Gasteiger partial charge on any atom is 0.335 e. The van der Waals surface area contributed by atoms with E-state index in [-0.39, 0.29) is 16.1 Å². The molecule has 116 valence electrons. The van der Waals surface area contributed by atoms with Gasteiger partial charge in [0.25, 0.3) is 10.0 Å². The van der Waals surface area contributed by atoms with Crippen LogP contribution >= 0.6 is 11.6 Å². The number of nitrogens with one attached hydrogen (secondary N) is 1. The van der Waals surface area contributed by atoms with Crippen molar-refractivity contribution >= 4 is 33.3 Å². The number of hydrogen-bond acceptors (Lipinski definition) is 4. The highest BCUT2D eigenvalue weighted by Gasteiger charge is 2.18. The van der Waals surface area contributed by atoms with Gasteiger partial charge in [-0.1, -0.05) is 17.7 Å². The Balaban J connectivity index is 2.42. The number of hydrogen-bond donors (Lipinski definition) is 2. The summed E-state index contributed by atoms with van der Waals surface area (Å²) in [6.07, 6.45) is 0. The van der Waals surface area contributed by atoms with Crippen molar-refractivity contribution in [3.05, 3.63) is 53.1 Å². The molecule has 0 unspecified atom stereocenters. The van der Waals surface area contributed by atoms with Crippen molar-refractivity contribution in [1.82, 2.24) is 0 Å². The third-order valence-electron chi connectivity index (χ3n) is 2.80. The van der Waals surface area contributed by atoms with E-state index in [2.05, 4.69) is 4.72 Å². The number of halogens is 1. The summed E-state index contributed by atoms with van der Waals surface area (Å²) in [5.41, 5.74) is 0.0386. The van der Waals surface area contributed by atoms with Crippen LogP contribution in [-0.2, 0) is 10.0 Å². The molecule has 0 aromatic heterocycles. The molecule has 0 aliphatic carbocycles. The van der Waals surface area contributed by atoms with Crippen LogP contribution in [0.15, 0.2) is 47.4 Å². The van der Waals surface area contributed by atoms with Crippen molar-refractivity contribution in [1.29, 1.82) is 0 Å². The van der Waals surface area contributed by atoms with Crippen LogP contribution in [0.1, 0.15) is 10.4 Å². The van der Waals surface area contributed by atoms with Crippen molar-refractivity contribution in [2.24, 2.45) is 0 Å². The van der Waals surface area contributed by atoms with Crippen LogP contribution in [0.3, 0.4) is 0 Å². The molecule has 2 aromatic rings. The molecule has 8 heteroatoms. The monoisotopic (exact) mass is 341 g/mol. The molecule has 0 amide bonds. The number of sulfonamides is 1. The fraction of sp³-hybridized carbons (Fsp3) is 0.0714. The van der Waals surface area contributed by atoms with E-state index in [1.807, 2.05) is 0 Å². The molecule has 0 aliphatic heterocycles. The van der Waals surface area contributed by atoms with E-state index in [4.69, 9.17) is 21.4 Å². The second-order valence-electron chi connectivity index (χ2n) is 4.28. The fourth-order valence-corrected chi connectivity index (χ4v) is 3.04. The smallest absolute Gasteiger partial charge is 0.335 e.